The first-order valence-electron chi connectivity index (χ1n) is 5.60. The number of hydrogen-bond donors (Lipinski definition) is 1. The molecule has 0 aliphatic rings. The molecule has 0 fully saturated rings. The lowest BCUT2D eigenvalue weighted by molar-refractivity contribution is 0.183. The Kier molecular flexibility index (Phi) is 4.90. The maximum absolute atomic E-state index is 5.77. The van der Waals surface area contributed by atoms with Crippen LogP contribution in [0, 0.1) is 6.92 Å². The summed E-state index contributed by atoms with van der Waals surface area (Å²) in [6.07, 6.45) is 0. The number of rotatable bonds is 5. The molecule has 0 heterocycles. The Balaban J connectivity index is 3.15. The van der Waals surface area contributed by atoms with Gasteiger partial charge in [0.1, 0.15) is 4.99 Å². The fourth-order valence-corrected chi connectivity index (χ4v) is 2.06. The quantitative estimate of drug-likeness (QED) is 0.815. The smallest absolute Gasteiger partial charge is 0.106 e. The molecule has 1 rings (SSSR count). The van der Waals surface area contributed by atoms with Crippen molar-refractivity contribution in [2.24, 2.45) is 5.73 Å². The van der Waals surface area contributed by atoms with Gasteiger partial charge in [-0.1, -0.05) is 24.4 Å². The summed E-state index contributed by atoms with van der Waals surface area (Å²) in [6.45, 7) is 4.84. The van der Waals surface area contributed by atoms with E-state index in [0.29, 0.717) is 11.6 Å². The van der Waals surface area contributed by atoms with Crippen LogP contribution in [0.5, 0.6) is 0 Å². The molecular formula is C13H20N2OS. The Labute approximate surface area is 109 Å². The Morgan fingerprint density at radius 2 is 2.18 bits per heavy atom. The van der Waals surface area contributed by atoms with Gasteiger partial charge in [0.2, 0.25) is 0 Å². The second-order valence-electron chi connectivity index (χ2n) is 4.25. The van der Waals surface area contributed by atoms with Gasteiger partial charge in [-0.05, 0) is 25.5 Å². The van der Waals surface area contributed by atoms with E-state index in [1.165, 1.54) is 5.56 Å². The third-order valence-electron chi connectivity index (χ3n) is 2.92. The number of hydrogen-bond acceptors (Lipinski definition) is 3. The van der Waals surface area contributed by atoms with E-state index in [2.05, 4.69) is 24.8 Å². The van der Waals surface area contributed by atoms with E-state index < -0.39 is 0 Å². The molecule has 0 aliphatic carbocycles. The number of aryl methyl sites for hydroxylation is 1. The highest BCUT2D eigenvalue weighted by Crippen LogP contribution is 2.25. The second-order valence-corrected chi connectivity index (χ2v) is 4.69. The minimum absolute atomic E-state index is 0.272. The average molecular weight is 252 g/mol. The van der Waals surface area contributed by atoms with Crippen molar-refractivity contribution in [1.29, 1.82) is 0 Å². The summed E-state index contributed by atoms with van der Waals surface area (Å²) in [5, 5.41) is 0. The Hall–Kier alpha value is -1.13. The Bertz CT molecular complexity index is 406. The summed E-state index contributed by atoms with van der Waals surface area (Å²) in [7, 11) is 3.74. The molecule has 0 aromatic heterocycles. The lowest BCUT2D eigenvalue weighted by atomic mass is 10.1. The van der Waals surface area contributed by atoms with Gasteiger partial charge in [-0.3, -0.25) is 0 Å². The van der Waals surface area contributed by atoms with Gasteiger partial charge in [0.05, 0.1) is 6.61 Å². The highest BCUT2D eigenvalue weighted by Gasteiger charge is 2.16. The average Bonchev–Trinajstić information content (AvgIpc) is 2.28. The minimum Gasteiger partial charge on any atom is -0.389 e. The Morgan fingerprint density at radius 1 is 1.53 bits per heavy atom. The van der Waals surface area contributed by atoms with Crippen LogP contribution in [0.4, 0.5) is 5.69 Å². The zero-order chi connectivity index (χ0) is 13.0. The number of thiocarbonyl (C=S) groups is 1. The van der Waals surface area contributed by atoms with Crippen LogP contribution in [-0.4, -0.2) is 31.8 Å². The van der Waals surface area contributed by atoms with Gasteiger partial charge >= 0.3 is 0 Å². The Morgan fingerprint density at radius 3 is 2.71 bits per heavy atom. The molecule has 2 N–H and O–H groups in total. The third kappa shape index (κ3) is 3.17. The highest BCUT2D eigenvalue weighted by atomic mass is 32.1. The highest BCUT2D eigenvalue weighted by molar-refractivity contribution is 7.80. The largest absolute Gasteiger partial charge is 0.389 e. The molecule has 0 bridgehead atoms. The maximum Gasteiger partial charge on any atom is 0.106 e. The van der Waals surface area contributed by atoms with Crippen LogP contribution >= 0.6 is 12.2 Å². The summed E-state index contributed by atoms with van der Waals surface area (Å²) in [5.41, 5.74) is 8.95. The summed E-state index contributed by atoms with van der Waals surface area (Å²) in [6, 6.07) is 6.27. The maximum atomic E-state index is 5.77. The number of nitrogens with zero attached hydrogens (tertiary/aromatic N) is 1. The van der Waals surface area contributed by atoms with Crippen molar-refractivity contribution in [2.75, 3.05) is 25.7 Å². The molecule has 4 heteroatoms. The van der Waals surface area contributed by atoms with E-state index in [4.69, 9.17) is 22.7 Å². The molecule has 0 aliphatic heterocycles. The van der Waals surface area contributed by atoms with Crippen LogP contribution in [0.3, 0.4) is 0 Å². The molecule has 17 heavy (non-hydrogen) atoms. The van der Waals surface area contributed by atoms with Gasteiger partial charge in [-0.2, -0.15) is 0 Å². The fraction of sp³-hybridized carbons (Fsp3) is 0.462. The van der Waals surface area contributed by atoms with Crippen LogP contribution in [0.15, 0.2) is 18.2 Å². The summed E-state index contributed by atoms with van der Waals surface area (Å²) in [5.74, 6) is 0. The van der Waals surface area contributed by atoms with E-state index in [1.54, 1.807) is 7.11 Å². The number of para-hydroxylation sites is 1. The van der Waals surface area contributed by atoms with Crippen LogP contribution in [0.25, 0.3) is 0 Å². The van der Waals surface area contributed by atoms with Crippen molar-refractivity contribution in [3.8, 4) is 0 Å². The molecule has 1 aromatic rings. The van der Waals surface area contributed by atoms with E-state index in [1.807, 2.05) is 19.2 Å². The molecule has 1 aromatic carbocycles. The number of likely N-dealkylation sites (N-methyl/N-ethyl adjacent to an activating group) is 1. The second kappa shape index (κ2) is 5.98. The van der Waals surface area contributed by atoms with Gasteiger partial charge < -0.3 is 15.4 Å². The van der Waals surface area contributed by atoms with Crippen molar-refractivity contribution >= 4 is 22.9 Å². The van der Waals surface area contributed by atoms with Crippen LogP contribution in [-0.2, 0) is 4.74 Å². The standard InChI is InChI=1S/C13H20N2OS/c1-9-6-5-7-11(13(14)17)12(9)15(3)10(2)8-16-4/h5-7,10H,8H2,1-4H3,(H2,14,17). The van der Waals surface area contributed by atoms with Crippen LogP contribution in [0.1, 0.15) is 18.1 Å². The van der Waals surface area contributed by atoms with Crippen molar-refractivity contribution in [3.05, 3.63) is 29.3 Å². The number of anilines is 1. The number of methoxy groups -OCH3 is 1. The van der Waals surface area contributed by atoms with Gasteiger partial charge in [0, 0.05) is 31.5 Å². The lowest BCUT2D eigenvalue weighted by Crippen LogP contribution is -2.34. The first-order chi connectivity index (χ1) is 7.99. The van der Waals surface area contributed by atoms with E-state index in [9.17, 15) is 0 Å². The lowest BCUT2D eigenvalue weighted by Gasteiger charge is -2.29. The molecule has 1 atom stereocenters. The number of ether oxygens (including phenoxy) is 1. The molecule has 0 amide bonds. The van der Waals surface area contributed by atoms with Crippen LogP contribution < -0.4 is 10.6 Å². The molecule has 0 saturated carbocycles. The molecule has 94 valence electrons. The van der Waals surface area contributed by atoms with Gasteiger partial charge in [0.15, 0.2) is 0 Å². The molecule has 3 nitrogen and oxygen atoms in total. The topological polar surface area (TPSA) is 38.5 Å². The minimum atomic E-state index is 0.272. The van der Waals surface area contributed by atoms with Crippen molar-refractivity contribution in [1.82, 2.24) is 0 Å². The van der Waals surface area contributed by atoms with E-state index in [0.717, 1.165) is 11.3 Å². The molecule has 0 radical (unpaired) electrons. The zero-order valence-corrected chi connectivity index (χ0v) is 11.7. The van der Waals surface area contributed by atoms with Gasteiger partial charge in [-0.25, -0.2) is 0 Å². The third-order valence-corrected chi connectivity index (χ3v) is 3.14. The van der Waals surface area contributed by atoms with Gasteiger partial charge in [-0.15, -0.1) is 0 Å². The van der Waals surface area contributed by atoms with Crippen molar-refractivity contribution < 1.29 is 4.74 Å². The fourth-order valence-electron chi connectivity index (χ4n) is 1.90. The predicted molar refractivity (Wildman–Crippen MR) is 76.8 cm³/mol. The zero-order valence-electron chi connectivity index (χ0n) is 10.9. The normalized spacial score (nSPS) is 12.2. The summed E-state index contributed by atoms with van der Waals surface area (Å²) >= 11 is 5.10. The first kappa shape index (κ1) is 13.9. The van der Waals surface area contributed by atoms with Crippen molar-refractivity contribution in [3.63, 3.8) is 0 Å². The first-order valence-corrected chi connectivity index (χ1v) is 6.01. The number of benzene rings is 1. The SMILES string of the molecule is COCC(C)N(C)c1c(C)cccc1C(N)=S. The monoisotopic (exact) mass is 252 g/mol. The molecular weight excluding hydrogens is 232 g/mol. The van der Waals surface area contributed by atoms with Crippen molar-refractivity contribution in [2.45, 2.75) is 19.9 Å². The molecule has 1 unspecified atom stereocenters. The van der Waals surface area contributed by atoms with E-state index >= 15 is 0 Å². The number of nitrogens with two attached hydrogens (primary N) is 1. The van der Waals surface area contributed by atoms with Gasteiger partial charge in [0.25, 0.3) is 0 Å². The van der Waals surface area contributed by atoms with Crippen LogP contribution in [0.2, 0.25) is 0 Å². The summed E-state index contributed by atoms with van der Waals surface area (Å²) in [4.78, 5) is 2.59. The molecule has 0 saturated heterocycles. The van der Waals surface area contributed by atoms with E-state index in [-0.39, 0.29) is 6.04 Å². The summed E-state index contributed by atoms with van der Waals surface area (Å²) < 4.78 is 5.18. The molecule has 0 spiro atoms. The predicted octanol–water partition coefficient (Wildman–Crippen LogP) is 2.10.